The summed E-state index contributed by atoms with van der Waals surface area (Å²) in [7, 11) is 0. The predicted molar refractivity (Wildman–Crippen MR) is 66.8 cm³/mol. The van der Waals surface area contributed by atoms with Crippen LogP contribution in [-0.2, 0) is 6.18 Å². The van der Waals surface area contributed by atoms with Crippen molar-refractivity contribution in [2.24, 2.45) is 0 Å². The molecule has 0 aromatic carbocycles. The van der Waals surface area contributed by atoms with Gasteiger partial charge in [0.1, 0.15) is 22.9 Å². The van der Waals surface area contributed by atoms with Crippen LogP contribution < -0.4 is 0 Å². The van der Waals surface area contributed by atoms with Crippen LogP contribution in [0.1, 0.15) is 11.4 Å². The van der Waals surface area contributed by atoms with Crippen LogP contribution in [0.3, 0.4) is 0 Å². The molecule has 21 heavy (non-hydrogen) atoms. The first-order valence-electron chi connectivity index (χ1n) is 5.90. The molecular formula is C13H8F4N4. The van der Waals surface area contributed by atoms with E-state index in [1.807, 2.05) is 0 Å². The molecule has 0 aliphatic heterocycles. The van der Waals surface area contributed by atoms with E-state index in [-0.39, 0.29) is 28.1 Å². The van der Waals surface area contributed by atoms with Crippen molar-refractivity contribution in [3.05, 3.63) is 41.9 Å². The highest BCUT2D eigenvalue weighted by Crippen LogP contribution is 2.37. The maximum Gasteiger partial charge on any atom is 0.419 e. The third-order valence-corrected chi connectivity index (χ3v) is 2.97. The highest BCUT2D eigenvalue weighted by Gasteiger charge is 2.35. The maximum absolute atomic E-state index is 13.3. The number of aromatic amines is 1. The Labute approximate surface area is 115 Å². The number of hydrogen-bond donors (Lipinski definition) is 1. The predicted octanol–water partition coefficient (Wildman–Crippen LogP) is 3.49. The monoisotopic (exact) mass is 296 g/mol. The van der Waals surface area contributed by atoms with Gasteiger partial charge >= 0.3 is 6.18 Å². The van der Waals surface area contributed by atoms with Crippen molar-refractivity contribution in [3.63, 3.8) is 0 Å². The first-order valence-corrected chi connectivity index (χ1v) is 5.90. The number of halogens is 4. The lowest BCUT2D eigenvalue weighted by atomic mass is 10.1. The van der Waals surface area contributed by atoms with Crippen LogP contribution in [0.5, 0.6) is 0 Å². The Kier molecular flexibility index (Phi) is 2.89. The van der Waals surface area contributed by atoms with Gasteiger partial charge in [-0.15, -0.1) is 0 Å². The van der Waals surface area contributed by atoms with Crippen molar-refractivity contribution in [2.75, 3.05) is 0 Å². The molecule has 4 nitrogen and oxygen atoms in total. The average Bonchev–Trinajstić information content (AvgIpc) is 2.79. The number of alkyl halides is 3. The van der Waals surface area contributed by atoms with Gasteiger partial charge in [0.25, 0.3) is 0 Å². The second-order valence-corrected chi connectivity index (χ2v) is 4.43. The van der Waals surface area contributed by atoms with Gasteiger partial charge in [-0.25, -0.2) is 19.3 Å². The summed E-state index contributed by atoms with van der Waals surface area (Å²) in [6.07, 6.45) is -1.57. The summed E-state index contributed by atoms with van der Waals surface area (Å²) in [6, 6.07) is 1.12. The van der Waals surface area contributed by atoms with Crippen LogP contribution in [-0.4, -0.2) is 19.9 Å². The molecule has 0 saturated heterocycles. The zero-order valence-electron chi connectivity index (χ0n) is 10.7. The van der Waals surface area contributed by atoms with Gasteiger partial charge < -0.3 is 4.98 Å². The van der Waals surface area contributed by atoms with E-state index < -0.39 is 17.6 Å². The van der Waals surface area contributed by atoms with Crippen LogP contribution in [0.15, 0.2) is 24.7 Å². The molecule has 3 rings (SSSR count). The molecule has 3 aromatic rings. The number of nitrogens with zero attached hydrogens (tertiary/aromatic N) is 3. The lowest BCUT2D eigenvalue weighted by Gasteiger charge is -2.11. The number of pyridine rings is 1. The minimum Gasteiger partial charge on any atom is -0.345 e. The van der Waals surface area contributed by atoms with E-state index in [9.17, 15) is 17.6 Å². The fourth-order valence-electron chi connectivity index (χ4n) is 2.06. The number of nitrogens with one attached hydrogen (secondary N) is 1. The summed E-state index contributed by atoms with van der Waals surface area (Å²) < 4.78 is 52.5. The maximum atomic E-state index is 13.3. The summed E-state index contributed by atoms with van der Waals surface area (Å²) in [5.41, 5.74) is -0.850. The molecular weight excluding hydrogens is 288 g/mol. The molecule has 8 heteroatoms. The Morgan fingerprint density at radius 1 is 1.14 bits per heavy atom. The average molecular weight is 296 g/mol. The fraction of sp³-hybridized carbons (Fsp3) is 0.154. The minimum absolute atomic E-state index is 0.134. The van der Waals surface area contributed by atoms with Gasteiger partial charge in [-0.1, -0.05) is 0 Å². The van der Waals surface area contributed by atoms with Gasteiger partial charge in [-0.3, -0.25) is 0 Å². The van der Waals surface area contributed by atoms with E-state index in [1.54, 1.807) is 0 Å². The standard InChI is InChI=1S/C13H8F4N4/c1-6-18-5-10(13(15,16)17)11(21-6)9-4-20-12-8(9)2-7(14)3-19-12/h2-5H,1H3,(H,19,20). The van der Waals surface area contributed by atoms with E-state index in [0.717, 1.165) is 18.5 Å². The van der Waals surface area contributed by atoms with Crippen LogP contribution in [0, 0.1) is 12.7 Å². The van der Waals surface area contributed by atoms with Crippen LogP contribution in [0.2, 0.25) is 0 Å². The number of aryl methyl sites for hydroxylation is 1. The van der Waals surface area contributed by atoms with Crippen molar-refractivity contribution in [2.45, 2.75) is 13.1 Å². The molecule has 1 N–H and O–H groups in total. The smallest absolute Gasteiger partial charge is 0.345 e. The van der Waals surface area contributed by atoms with Crippen molar-refractivity contribution in [1.82, 2.24) is 19.9 Å². The first-order chi connectivity index (χ1) is 9.86. The molecule has 0 amide bonds. The van der Waals surface area contributed by atoms with E-state index in [2.05, 4.69) is 19.9 Å². The summed E-state index contributed by atoms with van der Waals surface area (Å²) in [5, 5.41) is 0.235. The molecule has 0 atom stereocenters. The summed E-state index contributed by atoms with van der Waals surface area (Å²) >= 11 is 0. The molecule has 0 spiro atoms. The molecule has 0 aliphatic rings. The van der Waals surface area contributed by atoms with Gasteiger partial charge in [-0.2, -0.15) is 13.2 Å². The number of aromatic nitrogens is 4. The number of fused-ring (bicyclic) bond motifs is 1. The molecule has 0 saturated carbocycles. The largest absolute Gasteiger partial charge is 0.419 e. The molecule has 3 aromatic heterocycles. The lowest BCUT2D eigenvalue weighted by Crippen LogP contribution is -2.10. The van der Waals surface area contributed by atoms with Crippen LogP contribution in [0.4, 0.5) is 17.6 Å². The zero-order valence-corrected chi connectivity index (χ0v) is 10.7. The molecule has 0 radical (unpaired) electrons. The van der Waals surface area contributed by atoms with Gasteiger partial charge in [0.15, 0.2) is 0 Å². The van der Waals surface area contributed by atoms with Crippen LogP contribution in [0.25, 0.3) is 22.3 Å². The molecule has 108 valence electrons. The van der Waals surface area contributed by atoms with E-state index in [0.29, 0.717) is 0 Å². The first kappa shape index (κ1) is 13.5. The summed E-state index contributed by atoms with van der Waals surface area (Å²) in [4.78, 5) is 13.9. The number of H-pyrrole nitrogens is 1. The summed E-state index contributed by atoms with van der Waals surface area (Å²) in [5.74, 6) is -0.445. The van der Waals surface area contributed by atoms with E-state index >= 15 is 0 Å². The van der Waals surface area contributed by atoms with Gasteiger partial charge in [0, 0.05) is 23.3 Å². The van der Waals surface area contributed by atoms with Crippen molar-refractivity contribution >= 4 is 11.0 Å². The fourth-order valence-corrected chi connectivity index (χ4v) is 2.06. The third-order valence-electron chi connectivity index (χ3n) is 2.97. The molecule has 0 aliphatic carbocycles. The number of rotatable bonds is 1. The minimum atomic E-state index is -4.60. The van der Waals surface area contributed by atoms with Gasteiger partial charge in [0.2, 0.25) is 0 Å². The van der Waals surface area contributed by atoms with Crippen molar-refractivity contribution in [1.29, 1.82) is 0 Å². The molecule has 0 unspecified atom stereocenters. The second kappa shape index (κ2) is 4.51. The Bertz CT molecular complexity index is 823. The topological polar surface area (TPSA) is 54.5 Å². The molecule has 0 bridgehead atoms. The summed E-state index contributed by atoms with van der Waals surface area (Å²) in [6.45, 7) is 1.48. The van der Waals surface area contributed by atoms with Crippen molar-refractivity contribution < 1.29 is 17.6 Å². The Morgan fingerprint density at radius 3 is 2.62 bits per heavy atom. The molecule has 3 heterocycles. The SMILES string of the molecule is Cc1ncc(C(F)(F)F)c(-c2c[nH]c3ncc(F)cc23)n1. The highest BCUT2D eigenvalue weighted by atomic mass is 19.4. The van der Waals surface area contributed by atoms with Gasteiger partial charge in [0.05, 0.1) is 11.9 Å². The van der Waals surface area contributed by atoms with Crippen LogP contribution >= 0.6 is 0 Å². The zero-order chi connectivity index (χ0) is 15.2. The van der Waals surface area contributed by atoms with E-state index in [1.165, 1.54) is 13.1 Å². The third kappa shape index (κ3) is 2.32. The Morgan fingerprint density at radius 2 is 1.90 bits per heavy atom. The highest BCUT2D eigenvalue weighted by molar-refractivity contribution is 5.93. The van der Waals surface area contributed by atoms with Gasteiger partial charge in [-0.05, 0) is 13.0 Å². The molecule has 0 fully saturated rings. The van der Waals surface area contributed by atoms with E-state index in [4.69, 9.17) is 0 Å². The Hall–Kier alpha value is -2.51. The van der Waals surface area contributed by atoms with Crippen molar-refractivity contribution in [3.8, 4) is 11.3 Å². The number of hydrogen-bond acceptors (Lipinski definition) is 3. The lowest BCUT2D eigenvalue weighted by molar-refractivity contribution is -0.137. The Balaban J connectivity index is 2.32. The normalized spacial score (nSPS) is 12.0. The quantitative estimate of drug-likeness (QED) is 0.699. The second-order valence-electron chi connectivity index (χ2n) is 4.43.